The van der Waals surface area contributed by atoms with Gasteiger partial charge in [-0.15, -0.1) is 10.2 Å². The van der Waals surface area contributed by atoms with Gasteiger partial charge in [0.1, 0.15) is 0 Å². The van der Waals surface area contributed by atoms with Crippen LogP contribution in [0.4, 0.5) is 0 Å². The molecule has 0 spiro atoms. The Morgan fingerprint density at radius 2 is 2.14 bits per heavy atom. The van der Waals surface area contributed by atoms with Crippen LogP contribution in [-0.4, -0.2) is 52.2 Å². The van der Waals surface area contributed by atoms with Crippen molar-refractivity contribution in [3.63, 3.8) is 0 Å². The summed E-state index contributed by atoms with van der Waals surface area (Å²) < 4.78 is 10.9. The van der Waals surface area contributed by atoms with Crippen molar-refractivity contribution >= 4 is 11.8 Å². The Morgan fingerprint density at radius 1 is 1.41 bits per heavy atom. The Morgan fingerprint density at radius 3 is 2.73 bits per heavy atom. The topological polar surface area (TPSA) is 112 Å². The van der Waals surface area contributed by atoms with Gasteiger partial charge in [-0.1, -0.05) is 13.8 Å². The number of hydrogen-bond acceptors (Lipinski definition) is 6. The van der Waals surface area contributed by atoms with Gasteiger partial charge >= 0.3 is 0 Å². The van der Waals surface area contributed by atoms with Crippen molar-refractivity contribution < 1.29 is 18.7 Å². The zero-order chi connectivity index (χ0) is 16.3. The van der Waals surface area contributed by atoms with Crippen molar-refractivity contribution in [3.8, 4) is 0 Å². The Kier molecular flexibility index (Phi) is 4.80. The van der Waals surface area contributed by atoms with Crippen LogP contribution in [0.2, 0.25) is 0 Å². The number of aromatic nitrogens is 2. The molecule has 0 aromatic carbocycles. The highest BCUT2D eigenvalue weighted by Crippen LogP contribution is 2.18. The van der Waals surface area contributed by atoms with Gasteiger partial charge in [-0.3, -0.25) is 9.59 Å². The lowest BCUT2D eigenvalue weighted by Crippen LogP contribution is -2.58. The molecule has 1 aliphatic rings. The fourth-order valence-electron chi connectivity index (χ4n) is 2.20. The summed E-state index contributed by atoms with van der Waals surface area (Å²) in [6.45, 7) is 6.43. The monoisotopic (exact) mass is 310 g/mol. The van der Waals surface area contributed by atoms with Crippen molar-refractivity contribution in [2.24, 2.45) is 5.73 Å². The molecule has 1 aliphatic heterocycles. The second-order valence-electron chi connectivity index (χ2n) is 5.95. The largest absolute Gasteiger partial charge is 0.425 e. The van der Waals surface area contributed by atoms with Crippen LogP contribution >= 0.6 is 0 Å². The molecule has 0 saturated carbocycles. The van der Waals surface area contributed by atoms with E-state index >= 15 is 0 Å². The summed E-state index contributed by atoms with van der Waals surface area (Å²) in [4.78, 5) is 25.3. The lowest BCUT2D eigenvalue weighted by Gasteiger charge is -2.38. The second-order valence-corrected chi connectivity index (χ2v) is 5.95. The zero-order valence-electron chi connectivity index (χ0n) is 13.2. The first-order chi connectivity index (χ1) is 10.3. The maximum absolute atomic E-state index is 12.3. The van der Waals surface area contributed by atoms with Gasteiger partial charge in [0, 0.05) is 25.3 Å². The van der Waals surface area contributed by atoms with Crippen LogP contribution in [0.5, 0.6) is 0 Å². The lowest BCUT2D eigenvalue weighted by atomic mass is 10.0. The number of amides is 2. The highest BCUT2D eigenvalue weighted by atomic mass is 16.5. The first kappa shape index (κ1) is 16.4. The van der Waals surface area contributed by atoms with Gasteiger partial charge in [0.05, 0.1) is 13.2 Å². The van der Waals surface area contributed by atoms with Gasteiger partial charge in [-0.2, -0.15) is 0 Å². The van der Waals surface area contributed by atoms with Crippen LogP contribution in [0.25, 0.3) is 0 Å². The van der Waals surface area contributed by atoms with Crippen LogP contribution in [0.3, 0.4) is 0 Å². The van der Waals surface area contributed by atoms with Crippen LogP contribution in [0, 0.1) is 0 Å². The third-order valence-corrected chi connectivity index (χ3v) is 3.68. The molecule has 2 rings (SSSR count). The number of carbonyl (C=O) groups is 2. The molecule has 1 atom stereocenters. The van der Waals surface area contributed by atoms with Crippen molar-refractivity contribution in [1.82, 2.24) is 15.1 Å². The van der Waals surface area contributed by atoms with Crippen LogP contribution in [0.1, 0.15) is 44.9 Å². The smallest absolute Gasteiger partial charge is 0.251 e. The standard InChI is InChI=1S/C14H22N4O4/c1-9(2)12-17-16-10(22-12)4-5-11(19)18-6-7-21-14(3,8-18)13(15)20/h9H,4-8H2,1-3H3,(H2,15,20). The number of carbonyl (C=O) groups excluding carboxylic acids is 2. The molecule has 0 radical (unpaired) electrons. The van der Waals surface area contributed by atoms with E-state index in [1.54, 1.807) is 11.8 Å². The minimum atomic E-state index is -1.12. The van der Waals surface area contributed by atoms with Gasteiger partial charge in [-0.05, 0) is 6.92 Å². The molecule has 122 valence electrons. The number of rotatable bonds is 5. The SMILES string of the molecule is CC(C)c1nnc(CCC(=O)N2CCOC(C)(C(N)=O)C2)o1. The summed E-state index contributed by atoms with van der Waals surface area (Å²) in [7, 11) is 0. The molecule has 1 fully saturated rings. The number of ether oxygens (including phenoxy) is 1. The fourth-order valence-corrected chi connectivity index (χ4v) is 2.20. The van der Waals surface area contributed by atoms with Crippen LogP contribution < -0.4 is 5.73 Å². The molecule has 0 bridgehead atoms. The Labute approximate surface area is 129 Å². The number of primary amides is 1. The average Bonchev–Trinajstić information content (AvgIpc) is 2.93. The minimum absolute atomic E-state index is 0.0833. The molecule has 22 heavy (non-hydrogen) atoms. The van der Waals surface area contributed by atoms with E-state index in [1.165, 1.54) is 0 Å². The van der Waals surface area contributed by atoms with E-state index in [2.05, 4.69) is 10.2 Å². The quantitative estimate of drug-likeness (QED) is 0.833. The molecular weight excluding hydrogens is 288 g/mol. The van der Waals surface area contributed by atoms with Crippen molar-refractivity contribution in [1.29, 1.82) is 0 Å². The highest BCUT2D eigenvalue weighted by Gasteiger charge is 2.39. The fraction of sp³-hybridized carbons (Fsp3) is 0.714. The lowest BCUT2D eigenvalue weighted by molar-refractivity contribution is -0.160. The van der Waals surface area contributed by atoms with E-state index in [-0.39, 0.29) is 24.8 Å². The molecule has 0 aliphatic carbocycles. The van der Waals surface area contributed by atoms with Gasteiger partial charge in [-0.25, -0.2) is 0 Å². The summed E-state index contributed by atoms with van der Waals surface area (Å²) in [6, 6.07) is 0. The summed E-state index contributed by atoms with van der Waals surface area (Å²) in [5.41, 5.74) is 4.20. The van der Waals surface area contributed by atoms with E-state index in [9.17, 15) is 9.59 Å². The first-order valence-electron chi connectivity index (χ1n) is 7.36. The van der Waals surface area contributed by atoms with Crippen molar-refractivity contribution in [2.75, 3.05) is 19.7 Å². The summed E-state index contributed by atoms with van der Waals surface area (Å²) in [6.07, 6.45) is 0.623. The summed E-state index contributed by atoms with van der Waals surface area (Å²) in [5.74, 6) is 0.522. The molecule has 1 aromatic rings. The molecular formula is C14H22N4O4. The summed E-state index contributed by atoms with van der Waals surface area (Å²) >= 11 is 0. The first-order valence-corrected chi connectivity index (χ1v) is 7.36. The Hall–Kier alpha value is -1.96. The Bertz CT molecular complexity index is 557. The van der Waals surface area contributed by atoms with Crippen molar-refractivity contribution in [2.45, 2.75) is 45.1 Å². The number of nitrogens with zero attached hydrogens (tertiary/aromatic N) is 3. The average molecular weight is 310 g/mol. The van der Waals surface area contributed by atoms with E-state index in [1.807, 2.05) is 13.8 Å². The third-order valence-electron chi connectivity index (χ3n) is 3.68. The summed E-state index contributed by atoms with van der Waals surface area (Å²) in [5, 5.41) is 7.85. The molecule has 1 saturated heterocycles. The number of aryl methyl sites for hydroxylation is 1. The van der Waals surface area contributed by atoms with E-state index in [0.29, 0.717) is 31.4 Å². The van der Waals surface area contributed by atoms with E-state index in [0.717, 1.165) is 0 Å². The van der Waals surface area contributed by atoms with Crippen LogP contribution in [-0.2, 0) is 20.7 Å². The molecule has 8 nitrogen and oxygen atoms in total. The molecule has 2 N–H and O–H groups in total. The second kappa shape index (κ2) is 6.43. The maximum Gasteiger partial charge on any atom is 0.251 e. The molecule has 8 heteroatoms. The predicted molar refractivity (Wildman–Crippen MR) is 76.8 cm³/mol. The molecule has 2 heterocycles. The number of nitrogens with two attached hydrogens (primary N) is 1. The van der Waals surface area contributed by atoms with Gasteiger partial charge in [0.25, 0.3) is 5.91 Å². The van der Waals surface area contributed by atoms with Crippen LogP contribution in [0.15, 0.2) is 4.42 Å². The predicted octanol–water partition coefficient (Wildman–Crippen LogP) is 0.228. The zero-order valence-corrected chi connectivity index (χ0v) is 13.2. The highest BCUT2D eigenvalue weighted by molar-refractivity contribution is 5.85. The molecule has 1 unspecified atom stereocenters. The Balaban J connectivity index is 1.90. The van der Waals surface area contributed by atoms with Gasteiger partial charge < -0.3 is 19.8 Å². The van der Waals surface area contributed by atoms with Crippen molar-refractivity contribution in [3.05, 3.63) is 11.8 Å². The minimum Gasteiger partial charge on any atom is -0.425 e. The van der Waals surface area contributed by atoms with E-state index < -0.39 is 11.5 Å². The third kappa shape index (κ3) is 3.62. The number of morpholine rings is 1. The van der Waals surface area contributed by atoms with Gasteiger partial charge in [0.2, 0.25) is 17.7 Å². The van der Waals surface area contributed by atoms with Gasteiger partial charge in [0.15, 0.2) is 5.60 Å². The maximum atomic E-state index is 12.3. The molecule has 1 aromatic heterocycles. The molecule has 2 amide bonds. The van der Waals surface area contributed by atoms with E-state index in [4.69, 9.17) is 14.9 Å². The number of hydrogen-bond donors (Lipinski definition) is 1. The normalized spacial score (nSPS) is 22.1.